The van der Waals surface area contributed by atoms with Crippen LogP contribution >= 0.6 is 0 Å². The van der Waals surface area contributed by atoms with Gasteiger partial charge in [-0.05, 0) is 36.6 Å². The molecule has 4 heteroatoms. The van der Waals surface area contributed by atoms with Gasteiger partial charge in [0.1, 0.15) is 5.52 Å². The van der Waals surface area contributed by atoms with Crippen molar-refractivity contribution in [3.8, 4) is 0 Å². The van der Waals surface area contributed by atoms with Gasteiger partial charge in [-0.15, -0.1) is 0 Å². The molecular weight excluding hydrogens is 276 g/mol. The summed E-state index contributed by atoms with van der Waals surface area (Å²) in [6.45, 7) is 2.56. The van der Waals surface area contributed by atoms with Crippen molar-refractivity contribution in [3.05, 3.63) is 65.5 Å². The highest BCUT2D eigenvalue weighted by molar-refractivity contribution is 5.76. The third-order valence-electron chi connectivity index (χ3n) is 3.61. The van der Waals surface area contributed by atoms with Gasteiger partial charge < -0.3 is 9.73 Å². The van der Waals surface area contributed by atoms with Crippen molar-refractivity contribution in [1.29, 1.82) is 0 Å². The highest BCUT2D eigenvalue weighted by Gasteiger charge is 2.04. The van der Waals surface area contributed by atoms with Crippen LogP contribution in [-0.2, 0) is 17.8 Å². The molecule has 2 aromatic carbocycles. The first-order valence-electron chi connectivity index (χ1n) is 7.35. The number of aryl methyl sites for hydroxylation is 2. The first-order valence-corrected chi connectivity index (χ1v) is 7.35. The van der Waals surface area contributed by atoms with E-state index in [4.69, 9.17) is 4.42 Å². The number of aromatic nitrogens is 1. The van der Waals surface area contributed by atoms with Crippen molar-refractivity contribution < 1.29 is 9.21 Å². The van der Waals surface area contributed by atoms with Crippen LogP contribution in [-0.4, -0.2) is 10.9 Å². The zero-order chi connectivity index (χ0) is 15.4. The summed E-state index contributed by atoms with van der Waals surface area (Å²) in [5.74, 6) is 0.0548. The number of hydrogen-bond donors (Lipinski definition) is 1. The van der Waals surface area contributed by atoms with Gasteiger partial charge in [0.25, 0.3) is 0 Å². The van der Waals surface area contributed by atoms with Gasteiger partial charge in [-0.25, -0.2) is 4.98 Å². The molecule has 0 saturated heterocycles. The number of benzene rings is 2. The van der Waals surface area contributed by atoms with Crippen LogP contribution in [0.3, 0.4) is 0 Å². The maximum absolute atomic E-state index is 11.9. The Hall–Kier alpha value is -2.62. The van der Waals surface area contributed by atoms with Crippen molar-refractivity contribution in [2.24, 2.45) is 0 Å². The smallest absolute Gasteiger partial charge is 0.220 e. The number of carbonyl (C=O) groups is 1. The molecule has 4 nitrogen and oxygen atoms in total. The third kappa shape index (κ3) is 3.52. The molecule has 0 atom stereocenters. The molecule has 1 N–H and O–H groups in total. The van der Waals surface area contributed by atoms with E-state index >= 15 is 0 Å². The molecule has 0 aliphatic heterocycles. The van der Waals surface area contributed by atoms with Gasteiger partial charge in [0, 0.05) is 13.0 Å². The van der Waals surface area contributed by atoms with E-state index in [0.29, 0.717) is 13.0 Å². The van der Waals surface area contributed by atoms with Crippen LogP contribution in [0.15, 0.2) is 53.3 Å². The van der Waals surface area contributed by atoms with Crippen LogP contribution in [0.1, 0.15) is 23.1 Å². The standard InChI is InChI=1S/C18H18N2O2/c1-13-3-2-4-14(9-13)6-8-18(21)19-11-15-5-7-16-17(10-15)22-12-20-16/h2-5,7,9-10,12H,6,8,11H2,1H3,(H,19,21). The number of fused-ring (bicyclic) bond motifs is 1. The Bertz CT molecular complexity index is 792. The fourth-order valence-corrected chi connectivity index (χ4v) is 2.42. The summed E-state index contributed by atoms with van der Waals surface area (Å²) < 4.78 is 5.26. The summed E-state index contributed by atoms with van der Waals surface area (Å²) >= 11 is 0. The number of carbonyl (C=O) groups excluding carboxylic acids is 1. The first kappa shape index (κ1) is 14.3. The normalized spacial score (nSPS) is 10.8. The fourth-order valence-electron chi connectivity index (χ4n) is 2.42. The van der Waals surface area contributed by atoms with Gasteiger partial charge >= 0.3 is 0 Å². The monoisotopic (exact) mass is 294 g/mol. The van der Waals surface area contributed by atoms with E-state index in [1.807, 2.05) is 24.3 Å². The SMILES string of the molecule is Cc1cccc(CCC(=O)NCc2ccc3ncoc3c2)c1. The summed E-state index contributed by atoms with van der Waals surface area (Å²) in [7, 11) is 0. The lowest BCUT2D eigenvalue weighted by atomic mass is 10.1. The van der Waals surface area contributed by atoms with Gasteiger partial charge in [-0.3, -0.25) is 4.79 Å². The Balaban J connectivity index is 1.51. The summed E-state index contributed by atoms with van der Waals surface area (Å²) in [6, 6.07) is 14.0. The maximum atomic E-state index is 11.9. The number of rotatable bonds is 5. The second-order valence-electron chi connectivity index (χ2n) is 5.42. The van der Waals surface area contributed by atoms with Crippen LogP contribution in [0.2, 0.25) is 0 Å². The Labute approximate surface area is 129 Å². The molecule has 22 heavy (non-hydrogen) atoms. The second kappa shape index (κ2) is 6.43. The molecule has 112 valence electrons. The molecule has 3 rings (SSSR count). The zero-order valence-electron chi connectivity index (χ0n) is 12.5. The van der Waals surface area contributed by atoms with E-state index < -0.39 is 0 Å². The lowest BCUT2D eigenvalue weighted by molar-refractivity contribution is -0.121. The van der Waals surface area contributed by atoms with E-state index in [1.165, 1.54) is 17.5 Å². The van der Waals surface area contributed by atoms with E-state index in [1.54, 1.807) is 0 Å². The molecule has 0 unspecified atom stereocenters. The molecule has 1 amide bonds. The Morgan fingerprint density at radius 1 is 1.18 bits per heavy atom. The lowest BCUT2D eigenvalue weighted by Gasteiger charge is -2.06. The van der Waals surface area contributed by atoms with Crippen LogP contribution in [0.25, 0.3) is 11.1 Å². The minimum Gasteiger partial charge on any atom is -0.443 e. The average Bonchev–Trinajstić information content (AvgIpc) is 2.98. The number of nitrogens with zero attached hydrogens (tertiary/aromatic N) is 1. The molecule has 3 aromatic rings. The highest BCUT2D eigenvalue weighted by Crippen LogP contribution is 2.14. The van der Waals surface area contributed by atoms with Crippen LogP contribution in [0, 0.1) is 6.92 Å². The largest absolute Gasteiger partial charge is 0.443 e. The maximum Gasteiger partial charge on any atom is 0.220 e. The van der Waals surface area contributed by atoms with E-state index in [9.17, 15) is 4.79 Å². The summed E-state index contributed by atoms with van der Waals surface area (Å²) in [4.78, 5) is 16.0. The molecule has 0 fully saturated rings. The van der Waals surface area contributed by atoms with Crippen LogP contribution < -0.4 is 5.32 Å². The molecule has 0 spiro atoms. The minimum absolute atomic E-state index is 0.0548. The minimum atomic E-state index is 0.0548. The highest BCUT2D eigenvalue weighted by atomic mass is 16.3. The Morgan fingerprint density at radius 3 is 2.95 bits per heavy atom. The number of oxazole rings is 1. The summed E-state index contributed by atoms with van der Waals surface area (Å²) in [5, 5.41) is 2.94. The van der Waals surface area contributed by atoms with Gasteiger partial charge in [0.15, 0.2) is 12.0 Å². The molecule has 0 bridgehead atoms. The molecule has 1 aromatic heterocycles. The predicted octanol–water partition coefficient (Wildman–Crippen LogP) is 3.39. The molecule has 0 radical (unpaired) electrons. The van der Waals surface area contributed by atoms with Gasteiger partial charge in [0.2, 0.25) is 5.91 Å². The first-order chi connectivity index (χ1) is 10.7. The lowest BCUT2D eigenvalue weighted by Crippen LogP contribution is -2.22. The molecule has 1 heterocycles. The fraction of sp³-hybridized carbons (Fsp3) is 0.222. The average molecular weight is 294 g/mol. The Kier molecular flexibility index (Phi) is 4.19. The van der Waals surface area contributed by atoms with E-state index in [0.717, 1.165) is 23.1 Å². The Morgan fingerprint density at radius 2 is 2.09 bits per heavy atom. The van der Waals surface area contributed by atoms with Crippen molar-refractivity contribution in [1.82, 2.24) is 10.3 Å². The molecular formula is C18H18N2O2. The quantitative estimate of drug-likeness (QED) is 0.784. The third-order valence-corrected chi connectivity index (χ3v) is 3.61. The second-order valence-corrected chi connectivity index (χ2v) is 5.42. The van der Waals surface area contributed by atoms with E-state index in [-0.39, 0.29) is 5.91 Å². The number of nitrogens with one attached hydrogen (secondary N) is 1. The number of hydrogen-bond acceptors (Lipinski definition) is 3. The van der Waals surface area contributed by atoms with Crippen LogP contribution in [0.5, 0.6) is 0 Å². The molecule has 0 saturated carbocycles. The molecule has 0 aliphatic rings. The van der Waals surface area contributed by atoms with Crippen LogP contribution in [0.4, 0.5) is 0 Å². The zero-order valence-corrected chi connectivity index (χ0v) is 12.5. The summed E-state index contributed by atoms with van der Waals surface area (Å²) in [6.07, 6.45) is 2.68. The van der Waals surface area contributed by atoms with Crippen molar-refractivity contribution >= 4 is 17.0 Å². The van der Waals surface area contributed by atoms with Gasteiger partial charge in [-0.2, -0.15) is 0 Å². The predicted molar refractivity (Wildman–Crippen MR) is 85.4 cm³/mol. The number of amides is 1. The topological polar surface area (TPSA) is 55.1 Å². The summed E-state index contributed by atoms with van der Waals surface area (Å²) in [5.41, 5.74) is 4.99. The van der Waals surface area contributed by atoms with E-state index in [2.05, 4.69) is 35.4 Å². The van der Waals surface area contributed by atoms with Crippen molar-refractivity contribution in [3.63, 3.8) is 0 Å². The van der Waals surface area contributed by atoms with Crippen molar-refractivity contribution in [2.45, 2.75) is 26.3 Å². The van der Waals surface area contributed by atoms with Crippen molar-refractivity contribution in [2.75, 3.05) is 0 Å². The van der Waals surface area contributed by atoms with Gasteiger partial charge in [-0.1, -0.05) is 35.9 Å². The van der Waals surface area contributed by atoms with Gasteiger partial charge in [0.05, 0.1) is 0 Å². The molecule has 0 aliphatic carbocycles.